The second-order valence-electron chi connectivity index (χ2n) is 7.18. The van der Waals surface area contributed by atoms with E-state index in [2.05, 4.69) is 5.32 Å². The number of likely N-dealkylation sites (tertiary alicyclic amines) is 1. The summed E-state index contributed by atoms with van der Waals surface area (Å²) in [5, 5.41) is 3.16. The van der Waals surface area contributed by atoms with Gasteiger partial charge in [-0.2, -0.15) is 0 Å². The molecule has 0 unspecified atom stereocenters. The fraction of sp³-hybridized carbons (Fsp3) is 0.333. The van der Waals surface area contributed by atoms with Crippen LogP contribution >= 0.6 is 11.6 Å². The number of halogens is 1. The van der Waals surface area contributed by atoms with Crippen LogP contribution in [0.3, 0.4) is 0 Å². The molecule has 1 fully saturated rings. The highest BCUT2D eigenvalue weighted by atomic mass is 35.5. The zero-order valence-electron chi connectivity index (χ0n) is 16.1. The summed E-state index contributed by atoms with van der Waals surface area (Å²) >= 11 is 6.13. The van der Waals surface area contributed by atoms with Crippen molar-refractivity contribution in [2.75, 3.05) is 19.3 Å². The third-order valence-corrected chi connectivity index (χ3v) is 6.50. The van der Waals surface area contributed by atoms with Crippen LogP contribution in [0.25, 0.3) is 0 Å². The standard InChI is InChI=1S/C21H23ClN2O4S/c1-29(27,28)17-7-8-19(22)18(13-17)21(26)24-11-9-16(10-12-24)20(25)23-14-15-5-3-2-4-6-15/h2-8,13,16H,9-12,14H2,1H3,(H,23,25). The van der Waals surface area contributed by atoms with Gasteiger partial charge in [0.1, 0.15) is 0 Å². The fourth-order valence-corrected chi connectivity index (χ4v) is 4.19. The molecule has 1 N–H and O–H groups in total. The fourth-order valence-electron chi connectivity index (χ4n) is 3.34. The quantitative estimate of drug-likeness (QED) is 0.784. The Kier molecular flexibility index (Phi) is 6.59. The Bertz CT molecular complexity index is 1000. The smallest absolute Gasteiger partial charge is 0.255 e. The molecule has 0 spiro atoms. The molecule has 0 aliphatic carbocycles. The van der Waals surface area contributed by atoms with Gasteiger partial charge in [0, 0.05) is 31.8 Å². The van der Waals surface area contributed by atoms with Gasteiger partial charge in [-0.25, -0.2) is 8.42 Å². The Balaban J connectivity index is 1.59. The molecule has 0 saturated carbocycles. The molecule has 29 heavy (non-hydrogen) atoms. The molecule has 1 aliphatic rings. The number of nitrogens with zero attached hydrogens (tertiary/aromatic N) is 1. The molecule has 2 amide bonds. The van der Waals surface area contributed by atoms with Crippen LogP contribution < -0.4 is 5.32 Å². The molecule has 2 aromatic carbocycles. The lowest BCUT2D eigenvalue weighted by atomic mass is 9.95. The number of hydrogen-bond donors (Lipinski definition) is 1. The molecule has 6 nitrogen and oxygen atoms in total. The Hall–Kier alpha value is -2.38. The first-order valence-corrected chi connectivity index (χ1v) is 11.6. The first-order valence-electron chi connectivity index (χ1n) is 9.36. The number of carbonyl (C=O) groups excluding carboxylic acids is 2. The van der Waals surface area contributed by atoms with E-state index in [1.54, 1.807) is 4.90 Å². The molecule has 1 saturated heterocycles. The molecule has 1 aliphatic heterocycles. The van der Waals surface area contributed by atoms with Crippen molar-refractivity contribution in [3.05, 3.63) is 64.7 Å². The van der Waals surface area contributed by atoms with Gasteiger partial charge in [0.15, 0.2) is 9.84 Å². The minimum Gasteiger partial charge on any atom is -0.352 e. The zero-order chi connectivity index (χ0) is 21.0. The van der Waals surface area contributed by atoms with Gasteiger partial charge in [-0.05, 0) is 36.6 Å². The van der Waals surface area contributed by atoms with Crippen molar-refractivity contribution in [3.63, 3.8) is 0 Å². The average molecular weight is 435 g/mol. The molecule has 0 radical (unpaired) electrons. The first-order chi connectivity index (χ1) is 13.8. The number of amides is 2. The second-order valence-corrected chi connectivity index (χ2v) is 9.61. The highest BCUT2D eigenvalue weighted by Gasteiger charge is 2.29. The lowest BCUT2D eigenvalue weighted by Crippen LogP contribution is -2.43. The Morgan fingerprint density at radius 3 is 2.38 bits per heavy atom. The van der Waals surface area contributed by atoms with E-state index in [1.165, 1.54) is 18.2 Å². The summed E-state index contributed by atoms with van der Waals surface area (Å²) in [6.45, 7) is 1.32. The number of nitrogens with one attached hydrogen (secondary N) is 1. The predicted molar refractivity (Wildman–Crippen MR) is 111 cm³/mol. The molecule has 154 valence electrons. The normalized spacial score (nSPS) is 15.2. The minimum atomic E-state index is -3.44. The number of benzene rings is 2. The number of hydrogen-bond acceptors (Lipinski definition) is 4. The van der Waals surface area contributed by atoms with Gasteiger partial charge in [-0.3, -0.25) is 9.59 Å². The van der Waals surface area contributed by atoms with Crippen LogP contribution in [-0.2, 0) is 21.2 Å². The van der Waals surface area contributed by atoms with Gasteiger partial charge in [0.05, 0.1) is 15.5 Å². The molecule has 0 bridgehead atoms. The number of piperidine rings is 1. The summed E-state index contributed by atoms with van der Waals surface area (Å²) in [5.41, 5.74) is 1.20. The predicted octanol–water partition coefficient (Wildman–Crippen LogP) is 2.91. The topological polar surface area (TPSA) is 83.6 Å². The maximum atomic E-state index is 12.8. The van der Waals surface area contributed by atoms with Crippen LogP contribution in [0.1, 0.15) is 28.8 Å². The van der Waals surface area contributed by atoms with E-state index in [0.29, 0.717) is 32.5 Å². The van der Waals surface area contributed by atoms with E-state index in [0.717, 1.165) is 11.8 Å². The highest BCUT2D eigenvalue weighted by Crippen LogP contribution is 2.25. The first kappa shape index (κ1) is 21.3. The van der Waals surface area contributed by atoms with Gasteiger partial charge < -0.3 is 10.2 Å². The van der Waals surface area contributed by atoms with E-state index in [4.69, 9.17) is 11.6 Å². The van der Waals surface area contributed by atoms with Gasteiger partial charge in [0.25, 0.3) is 5.91 Å². The summed E-state index contributed by atoms with van der Waals surface area (Å²) in [5.74, 6) is -0.484. The van der Waals surface area contributed by atoms with Gasteiger partial charge in [-0.1, -0.05) is 41.9 Å². The largest absolute Gasteiger partial charge is 0.352 e. The van der Waals surface area contributed by atoms with Crippen molar-refractivity contribution in [2.24, 2.45) is 5.92 Å². The number of sulfone groups is 1. The van der Waals surface area contributed by atoms with Crippen molar-refractivity contribution in [1.29, 1.82) is 0 Å². The van der Waals surface area contributed by atoms with Gasteiger partial charge in [0.2, 0.25) is 5.91 Å². The molecular formula is C21H23ClN2O4S. The van der Waals surface area contributed by atoms with E-state index < -0.39 is 9.84 Å². The molecule has 0 aromatic heterocycles. The SMILES string of the molecule is CS(=O)(=O)c1ccc(Cl)c(C(=O)N2CCC(C(=O)NCc3ccccc3)CC2)c1. The average Bonchev–Trinajstić information content (AvgIpc) is 2.72. The Morgan fingerprint density at radius 1 is 1.10 bits per heavy atom. The van der Waals surface area contributed by atoms with Crippen molar-refractivity contribution >= 4 is 33.3 Å². The third kappa shape index (κ3) is 5.36. The van der Waals surface area contributed by atoms with Gasteiger partial charge >= 0.3 is 0 Å². The van der Waals surface area contributed by atoms with Crippen LogP contribution in [0.5, 0.6) is 0 Å². The monoisotopic (exact) mass is 434 g/mol. The highest BCUT2D eigenvalue weighted by molar-refractivity contribution is 7.90. The molecule has 3 rings (SSSR count). The second kappa shape index (κ2) is 8.97. The maximum absolute atomic E-state index is 12.8. The third-order valence-electron chi connectivity index (χ3n) is 5.06. The Morgan fingerprint density at radius 2 is 1.76 bits per heavy atom. The van der Waals surface area contributed by atoms with Crippen LogP contribution in [0.4, 0.5) is 0 Å². The lowest BCUT2D eigenvalue weighted by Gasteiger charge is -2.31. The van der Waals surface area contributed by atoms with Crippen LogP contribution in [0.2, 0.25) is 5.02 Å². The van der Waals surface area contributed by atoms with Gasteiger partial charge in [-0.15, -0.1) is 0 Å². The summed E-state index contributed by atoms with van der Waals surface area (Å²) < 4.78 is 23.5. The summed E-state index contributed by atoms with van der Waals surface area (Å²) in [6, 6.07) is 13.8. The van der Waals surface area contributed by atoms with Crippen LogP contribution in [-0.4, -0.2) is 44.5 Å². The van der Waals surface area contributed by atoms with Crippen molar-refractivity contribution in [2.45, 2.75) is 24.3 Å². The lowest BCUT2D eigenvalue weighted by molar-refractivity contribution is -0.126. The summed E-state index contributed by atoms with van der Waals surface area (Å²) in [6.07, 6.45) is 2.19. The van der Waals surface area contributed by atoms with Crippen molar-refractivity contribution < 1.29 is 18.0 Å². The summed E-state index contributed by atoms with van der Waals surface area (Å²) in [7, 11) is -3.44. The van der Waals surface area contributed by atoms with E-state index in [9.17, 15) is 18.0 Å². The molecular weight excluding hydrogens is 412 g/mol. The molecule has 0 atom stereocenters. The molecule has 1 heterocycles. The van der Waals surface area contributed by atoms with Crippen LogP contribution in [0.15, 0.2) is 53.4 Å². The maximum Gasteiger partial charge on any atom is 0.255 e. The van der Waals surface area contributed by atoms with E-state index in [1.807, 2.05) is 30.3 Å². The number of carbonyl (C=O) groups is 2. The minimum absolute atomic E-state index is 0.0157. The zero-order valence-corrected chi connectivity index (χ0v) is 17.7. The van der Waals surface area contributed by atoms with E-state index >= 15 is 0 Å². The van der Waals surface area contributed by atoms with Crippen molar-refractivity contribution in [1.82, 2.24) is 10.2 Å². The number of rotatable bonds is 5. The Labute approximate surface area is 175 Å². The van der Waals surface area contributed by atoms with E-state index in [-0.39, 0.29) is 33.2 Å². The summed E-state index contributed by atoms with van der Waals surface area (Å²) in [4.78, 5) is 26.9. The van der Waals surface area contributed by atoms with Crippen molar-refractivity contribution in [3.8, 4) is 0 Å². The molecule has 8 heteroatoms. The molecule has 2 aromatic rings. The van der Waals surface area contributed by atoms with Crippen LogP contribution in [0, 0.1) is 5.92 Å².